The summed E-state index contributed by atoms with van der Waals surface area (Å²) in [6, 6.07) is 1.66. The molecule has 20 heavy (non-hydrogen) atoms. The Bertz CT molecular complexity index is 542. The molecule has 1 aromatic rings. The molecule has 110 valence electrons. The maximum Gasteiger partial charge on any atom is 0.268 e. The largest absolute Gasteiger partial charge is 0.393 e. The summed E-state index contributed by atoms with van der Waals surface area (Å²) in [6.07, 6.45) is 4.20. The molecule has 2 unspecified atom stereocenters. The lowest BCUT2D eigenvalue weighted by Gasteiger charge is -2.32. The van der Waals surface area contributed by atoms with Gasteiger partial charge in [-0.15, -0.1) is 0 Å². The fraction of sp³-hybridized carbons (Fsp3) is 0.643. The molecule has 1 aliphatic heterocycles. The summed E-state index contributed by atoms with van der Waals surface area (Å²) in [6.45, 7) is 6.57. The quantitative estimate of drug-likeness (QED) is 0.851. The molecule has 6 heteroatoms. The maximum absolute atomic E-state index is 12.1. The molecular formula is C14H22N4OS. The van der Waals surface area contributed by atoms with Crippen LogP contribution in [0.25, 0.3) is 0 Å². The number of hydrogen-bond donors (Lipinski definition) is 1. The third kappa shape index (κ3) is 3.56. The zero-order chi connectivity index (χ0) is 14.7. The Morgan fingerprint density at radius 3 is 3.00 bits per heavy atom. The molecule has 1 fully saturated rings. The number of nitrogens with zero attached hydrogens (tertiary/aromatic N) is 3. The minimum Gasteiger partial charge on any atom is -0.393 e. The molecule has 2 rings (SSSR count). The lowest BCUT2D eigenvalue weighted by molar-refractivity contribution is 0.444. The van der Waals surface area contributed by atoms with E-state index in [1.807, 2.05) is 6.92 Å². The van der Waals surface area contributed by atoms with Crippen LogP contribution >= 0.6 is 12.2 Å². The number of piperidine rings is 1. The Balaban J connectivity index is 2.13. The van der Waals surface area contributed by atoms with E-state index in [1.165, 1.54) is 17.5 Å². The minimum atomic E-state index is -0.0937. The van der Waals surface area contributed by atoms with Crippen LogP contribution in [-0.4, -0.2) is 27.9 Å². The molecule has 1 aromatic heterocycles. The molecule has 2 N–H and O–H groups in total. The van der Waals surface area contributed by atoms with E-state index in [1.54, 1.807) is 12.3 Å². The molecule has 0 radical (unpaired) electrons. The Labute approximate surface area is 124 Å². The zero-order valence-corrected chi connectivity index (χ0v) is 12.9. The topological polar surface area (TPSA) is 64.2 Å². The van der Waals surface area contributed by atoms with Crippen molar-refractivity contribution in [2.24, 2.45) is 17.6 Å². The Kier molecular flexibility index (Phi) is 4.75. The molecule has 0 aromatic carbocycles. The summed E-state index contributed by atoms with van der Waals surface area (Å²) in [7, 11) is 0. The van der Waals surface area contributed by atoms with Crippen molar-refractivity contribution in [3.8, 4) is 0 Å². The highest BCUT2D eigenvalue weighted by Gasteiger charge is 2.18. The predicted octanol–water partition coefficient (Wildman–Crippen LogP) is 1.40. The molecule has 1 saturated heterocycles. The Morgan fingerprint density at radius 2 is 2.40 bits per heavy atom. The highest BCUT2D eigenvalue weighted by atomic mass is 32.1. The molecule has 0 spiro atoms. The van der Waals surface area contributed by atoms with E-state index < -0.39 is 0 Å². The van der Waals surface area contributed by atoms with E-state index in [0.717, 1.165) is 18.8 Å². The van der Waals surface area contributed by atoms with E-state index in [2.05, 4.69) is 16.9 Å². The lowest BCUT2D eigenvalue weighted by Crippen LogP contribution is -2.36. The van der Waals surface area contributed by atoms with Crippen LogP contribution in [0.4, 0.5) is 5.69 Å². The van der Waals surface area contributed by atoms with Crippen molar-refractivity contribution >= 4 is 22.9 Å². The van der Waals surface area contributed by atoms with Gasteiger partial charge in [0.2, 0.25) is 0 Å². The number of rotatable bonds is 4. The van der Waals surface area contributed by atoms with Gasteiger partial charge in [0.25, 0.3) is 5.56 Å². The Hall–Kier alpha value is -1.43. The highest BCUT2D eigenvalue weighted by Crippen LogP contribution is 2.20. The van der Waals surface area contributed by atoms with Gasteiger partial charge in [0, 0.05) is 25.1 Å². The molecular weight excluding hydrogens is 272 g/mol. The van der Waals surface area contributed by atoms with Crippen LogP contribution in [0.2, 0.25) is 0 Å². The van der Waals surface area contributed by atoms with Crippen molar-refractivity contribution in [2.45, 2.75) is 33.2 Å². The van der Waals surface area contributed by atoms with E-state index in [0.29, 0.717) is 17.5 Å². The molecule has 0 bridgehead atoms. The van der Waals surface area contributed by atoms with Crippen molar-refractivity contribution in [2.75, 3.05) is 18.0 Å². The molecule has 2 atom stereocenters. The van der Waals surface area contributed by atoms with Crippen molar-refractivity contribution in [3.63, 3.8) is 0 Å². The summed E-state index contributed by atoms with van der Waals surface area (Å²) in [5.74, 6) is 0.636. The molecule has 5 nitrogen and oxygen atoms in total. The summed E-state index contributed by atoms with van der Waals surface area (Å²) >= 11 is 4.93. The van der Waals surface area contributed by atoms with Gasteiger partial charge in [-0.25, -0.2) is 4.68 Å². The van der Waals surface area contributed by atoms with Gasteiger partial charge >= 0.3 is 0 Å². The van der Waals surface area contributed by atoms with Crippen LogP contribution in [-0.2, 0) is 6.54 Å². The first-order valence-electron chi connectivity index (χ1n) is 7.09. The lowest BCUT2D eigenvalue weighted by atomic mass is 10.00. The number of nitrogens with two attached hydrogens (primary N) is 1. The molecule has 0 saturated carbocycles. The van der Waals surface area contributed by atoms with Gasteiger partial charge in [-0.2, -0.15) is 5.10 Å². The van der Waals surface area contributed by atoms with Crippen molar-refractivity contribution in [1.29, 1.82) is 0 Å². The van der Waals surface area contributed by atoms with E-state index in [4.69, 9.17) is 18.0 Å². The van der Waals surface area contributed by atoms with Crippen molar-refractivity contribution in [1.82, 2.24) is 9.78 Å². The number of aromatic nitrogens is 2. The number of hydrogen-bond acceptors (Lipinski definition) is 4. The van der Waals surface area contributed by atoms with Gasteiger partial charge in [0.15, 0.2) is 0 Å². The molecule has 2 heterocycles. The third-order valence-electron chi connectivity index (χ3n) is 3.81. The normalized spacial score (nSPS) is 20.7. The number of anilines is 1. The van der Waals surface area contributed by atoms with E-state index in [-0.39, 0.29) is 11.5 Å². The average Bonchev–Trinajstić information content (AvgIpc) is 2.40. The predicted molar refractivity (Wildman–Crippen MR) is 85.1 cm³/mol. The maximum atomic E-state index is 12.1. The molecule has 0 amide bonds. The highest BCUT2D eigenvalue weighted by molar-refractivity contribution is 7.80. The third-order valence-corrected chi connectivity index (χ3v) is 4.21. The van der Waals surface area contributed by atoms with Crippen LogP contribution < -0.4 is 16.2 Å². The minimum absolute atomic E-state index is 0.0314. The van der Waals surface area contributed by atoms with Gasteiger partial charge in [-0.05, 0) is 18.8 Å². The van der Waals surface area contributed by atoms with Gasteiger partial charge in [0.05, 0.1) is 23.4 Å². The fourth-order valence-electron chi connectivity index (χ4n) is 2.51. The monoisotopic (exact) mass is 294 g/mol. The Morgan fingerprint density at radius 1 is 1.65 bits per heavy atom. The summed E-state index contributed by atoms with van der Waals surface area (Å²) in [5, 5.41) is 4.25. The average molecular weight is 294 g/mol. The SMILES string of the molecule is CC1CCCN(c2cnn(CC(C)C(N)=S)c(=O)c2)C1. The first-order valence-corrected chi connectivity index (χ1v) is 7.49. The number of thiocarbonyl (C=S) groups is 1. The second-order valence-corrected chi connectivity index (χ2v) is 6.20. The van der Waals surface area contributed by atoms with Gasteiger partial charge in [-0.1, -0.05) is 26.1 Å². The summed E-state index contributed by atoms with van der Waals surface area (Å²) < 4.78 is 1.43. The smallest absolute Gasteiger partial charge is 0.268 e. The first-order chi connectivity index (χ1) is 9.47. The zero-order valence-electron chi connectivity index (χ0n) is 12.1. The first kappa shape index (κ1) is 15.0. The van der Waals surface area contributed by atoms with Gasteiger partial charge in [-0.3, -0.25) is 4.79 Å². The molecule has 0 aliphatic carbocycles. The fourth-order valence-corrected chi connectivity index (χ4v) is 2.58. The van der Waals surface area contributed by atoms with E-state index in [9.17, 15) is 4.79 Å². The van der Waals surface area contributed by atoms with Gasteiger partial charge in [0.1, 0.15) is 0 Å². The molecule has 1 aliphatic rings. The van der Waals surface area contributed by atoms with Crippen LogP contribution in [0, 0.1) is 11.8 Å². The van der Waals surface area contributed by atoms with Crippen LogP contribution in [0.15, 0.2) is 17.1 Å². The second-order valence-electron chi connectivity index (χ2n) is 5.73. The van der Waals surface area contributed by atoms with Crippen LogP contribution in [0.5, 0.6) is 0 Å². The van der Waals surface area contributed by atoms with Crippen molar-refractivity contribution in [3.05, 3.63) is 22.6 Å². The van der Waals surface area contributed by atoms with E-state index >= 15 is 0 Å². The summed E-state index contributed by atoms with van der Waals surface area (Å²) in [5.41, 5.74) is 6.40. The van der Waals surface area contributed by atoms with Gasteiger partial charge < -0.3 is 10.6 Å². The second kappa shape index (κ2) is 6.35. The van der Waals surface area contributed by atoms with Crippen LogP contribution in [0.3, 0.4) is 0 Å². The standard InChI is InChI=1S/C14H22N4OS/c1-10-4-3-5-17(8-10)12-6-13(19)18(16-7-12)9-11(2)14(15)20/h6-7,10-11H,3-5,8-9H2,1-2H3,(H2,15,20). The van der Waals surface area contributed by atoms with Crippen LogP contribution in [0.1, 0.15) is 26.7 Å². The summed E-state index contributed by atoms with van der Waals surface area (Å²) in [4.78, 5) is 14.8. The van der Waals surface area contributed by atoms with Crippen molar-refractivity contribution < 1.29 is 0 Å².